The van der Waals surface area contributed by atoms with Crippen LogP contribution in [0.15, 0.2) is 59.1 Å². The zero-order valence-electron chi connectivity index (χ0n) is 13.2. The van der Waals surface area contributed by atoms with E-state index in [1.807, 2.05) is 36.4 Å². The summed E-state index contributed by atoms with van der Waals surface area (Å²) in [6.07, 6.45) is 2.58. The van der Waals surface area contributed by atoms with Gasteiger partial charge in [-0.05, 0) is 50.1 Å². The molecule has 0 radical (unpaired) electrons. The first kappa shape index (κ1) is 15.8. The van der Waals surface area contributed by atoms with Crippen molar-refractivity contribution in [1.29, 1.82) is 0 Å². The SMILES string of the molecule is CC1(C)Cc2ccccc2/C(=C\C(=O)Nc2ccc(Br)cc2)N1. The van der Waals surface area contributed by atoms with Gasteiger partial charge in [0.2, 0.25) is 5.91 Å². The maximum atomic E-state index is 12.3. The molecular weight excluding hydrogens is 352 g/mol. The van der Waals surface area contributed by atoms with Crippen molar-refractivity contribution in [2.75, 3.05) is 5.32 Å². The van der Waals surface area contributed by atoms with Crippen LogP contribution in [0.5, 0.6) is 0 Å². The fourth-order valence-corrected chi connectivity index (χ4v) is 3.11. The molecule has 0 fully saturated rings. The number of carbonyl (C=O) groups excluding carboxylic acids is 1. The maximum absolute atomic E-state index is 12.3. The van der Waals surface area contributed by atoms with Crippen LogP contribution in [-0.2, 0) is 11.2 Å². The molecule has 2 aromatic carbocycles. The Hall–Kier alpha value is -2.07. The Morgan fingerprint density at radius 3 is 2.61 bits per heavy atom. The average molecular weight is 371 g/mol. The highest BCUT2D eigenvalue weighted by Gasteiger charge is 2.27. The highest BCUT2D eigenvalue weighted by atomic mass is 79.9. The zero-order valence-corrected chi connectivity index (χ0v) is 14.8. The molecule has 0 aromatic heterocycles. The van der Waals surface area contributed by atoms with Gasteiger partial charge in [-0.1, -0.05) is 40.2 Å². The van der Waals surface area contributed by atoms with E-state index in [1.165, 1.54) is 5.56 Å². The molecule has 118 valence electrons. The van der Waals surface area contributed by atoms with Gasteiger partial charge in [0.1, 0.15) is 0 Å². The molecule has 0 saturated heterocycles. The van der Waals surface area contributed by atoms with E-state index in [-0.39, 0.29) is 11.4 Å². The number of amides is 1. The molecule has 3 rings (SSSR count). The van der Waals surface area contributed by atoms with Gasteiger partial charge in [-0.3, -0.25) is 4.79 Å². The smallest absolute Gasteiger partial charge is 0.250 e. The molecule has 0 saturated carbocycles. The van der Waals surface area contributed by atoms with E-state index < -0.39 is 0 Å². The van der Waals surface area contributed by atoms with E-state index in [1.54, 1.807) is 6.08 Å². The number of carbonyl (C=O) groups is 1. The summed E-state index contributed by atoms with van der Waals surface area (Å²) in [6.45, 7) is 4.28. The first-order valence-corrected chi connectivity index (χ1v) is 8.37. The van der Waals surface area contributed by atoms with Crippen molar-refractivity contribution < 1.29 is 4.79 Å². The normalized spacial score (nSPS) is 17.3. The van der Waals surface area contributed by atoms with E-state index in [9.17, 15) is 4.79 Å². The van der Waals surface area contributed by atoms with Crippen molar-refractivity contribution in [1.82, 2.24) is 5.32 Å². The predicted molar refractivity (Wildman–Crippen MR) is 98.1 cm³/mol. The summed E-state index contributed by atoms with van der Waals surface area (Å²) in [6, 6.07) is 15.8. The molecule has 1 amide bonds. The molecule has 3 nitrogen and oxygen atoms in total. The number of anilines is 1. The molecule has 0 atom stereocenters. The Morgan fingerprint density at radius 1 is 1.17 bits per heavy atom. The van der Waals surface area contributed by atoms with Crippen LogP contribution in [0.4, 0.5) is 5.69 Å². The molecule has 2 N–H and O–H groups in total. The topological polar surface area (TPSA) is 41.1 Å². The zero-order chi connectivity index (χ0) is 16.4. The Kier molecular flexibility index (Phi) is 4.26. The molecule has 1 aliphatic rings. The van der Waals surface area contributed by atoms with E-state index >= 15 is 0 Å². The Balaban J connectivity index is 1.86. The van der Waals surface area contributed by atoms with Crippen molar-refractivity contribution in [2.45, 2.75) is 25.8 Å². The minimum absolute atomic E-state index is 0.0714. The molecule has 4 heteroatoms. The summed E-state index contributed by atoms with van der Waals surface area (Å²) in [5, 5.41) is 6.37. The number of hydrogen-bond acceptors (Lipinski definition) is 2. The van der Waals surface area contributed by atoms with E-state index in [2.05, 4.69) is 52.5 Å². The minimum Gasteiger partial charge on any atom is -0.379 e. The fraction of sp³-hybridized carbons (Fsp3) is 0.211. The summed E-state index contributed by atoms with van der Waals surface area (Å²) in [4.78, 5) is 12.3. The number of hydrogen-bond donors (Lipinski definition) is 2. The summed E-state index contributed by atoms with van der Waals surface area (Å²) in [7, 11) is 0. The summed E-state index contributed by atoms with van der Waals surface area (Å²) in [5.74, 6) is -0.137. The first-order chi connectivity index (χ1) is 10.9. The quantitative estimate of drug-likeness (QED) is 0.771. The van der Waals surface area contributed by atoms with Crippen LogP contribution in [0.25, 0.3) is 5.70 Å². The molecule has 0 bridgehead atoms. The summed E-state index contributed by atoms with van der Waals surface area (Å²) in [5.41, 5.74) is 3.93. The Labute approximate surface area is 144 Å². The number of fused-ring (bicyclic) bond motifs is 1. The molecule has 1 heterocycles. The van der Waals surface area contributed by atoms with Gasteiger partial charge < -0.3 is 10.6 Å². The van der Waals surface area contributed by atoms with Crippen LogP contribution in [0.3, 0.4) is 0 Å². The number of rotatable bonds is 2. The molecule has 1 aliphatic heterocycles. The molecule has 23 heavy (non-hydrogen) atoms. The van der Waals surface area contributed by atoms with Gasteiger partial charge in [0.25, 0.3) is 0 Å². The van der Waals surface area contributed by atoms with Gasteiger partial charge in [-0.25, -0.2) is 0 Å². The van der Waals surface area contributed by atoms with Crippen molar-refractivity contribution >= 4 is 33.2 Å². The summed E-state index contributed by atoms with van der Waals surface area (Å²) >= 11 is 3.39. The van der Waals surface area contributed by atoms with Crippen LogP contribution in [0, 0.1) is 0 Å². The minimum atomic E-state index is -0.137. The molecule has 0 unspecified atom stereocenters. The second kappa shape index (κ2) is 6.20. The lowest BCUT2D eigenvalue weighted by atomic mass is 9.86. The third kappa shape index (κ3) is 3.82. The van der Waals surface area contributed by atoms with Crippen LogP contribution in [0.2, 0.25) is 0 Å². The Bertz CT molecular complexity index is 763. The largest absolute Gasteiger partial charge is 0.379 e. The third-order valence-corrected chi connectivity index (χ3v) is 4.33. The Morgan fingerprint density at radius 2 is 1.87 bits per heavy atom. The number of benzene rings is 2. The van der Waals surface area contributed by atoms with Crippen molar-refractivity contribution in [2.24, 2.45) is 0 Å². The average Bonchev–Trinajstić information content (AvgIpc) is 2.48. The van der Waals surface area contributed by atoms with Crippen LogP contribution < -0.4 is 10.6 Å². The molecular formula is C19H19BrN2O. The lowest BCUT2D eigenvalue weighted by Crippen LogP contribution is -2.44. The van der Waals surface area contributed by atoms with Crippen LogP contribution in [0.1, 0.15) is 25.0 Å². The molecule has 2 aromatic rings. The van der Waals surface area contributed by atoms with Crippen molar-refractivity contribution in [3.8, 4) is 0 Å². The predicted octanol–water partition coefficient (Wildman–Crippen LogP) is 4.35. The van der Waals surface area contributed by atoms with Crippen molar-refractivity contribution in [3.63, 3.8) is 0 Å². The second-order valence-electron chi connectivity index (χ2n) is 6.40. The first-order valence-electron chi connectivity index (χ1n) is 7.58. The standard InChI is InChI=1S/C19H19BrN2O/c1-19(2)12-13-5-3-4-6-16(13)17(22-19)11-18(23)21-15-9-7-14(20)8-10-15/h3-11,22H,12H2,1-2H3,(H,21,23)/b17-11+. The molecule has 0 spiro atoms. The van der Waals surface area contributed by atoms with Gasteiger partial charge in [0.15, 0.2) is 0 Å². The van der Waals surface area contributed by atoms with Crippen LogP contribution in [-0.4, -0.2) is 11.4 Å². The highest BCUT2D eigenvalue weighted by Crippen LogP contribution is 2.29. The lowest BCUT2D eigenvalue weighted by molar-refractivity contribution is -0.111. The lowest BCUT2D eigenvalue weighted by Gasteiger charge is -2.35. The highest BCUT2D eigenvalue weighted by molar-refractivity contribution is 9.10. The van der Waals surface area contributed by atoms with E-state index in [4.69, 9.17) is 0 Å². The van der Waals surface area contributed by atoms with Gasteiger partial charge in [0, 0.05) is 33.0 Å². The second-order valence-corrected chi connectivity index (χ2v) is 7.31. The van der Waals surface area contributed by atoms with E-state index in [0.29, 0.717) is 0 Å². The number of nitrogens with one attached hydrogen (secondary N) is 2. The van der Waals surface area contributed by atoms with Crippen LogP contribution >= 0.6 is 15.9 Å². The maximum Gasteiger partial charge on any atom is 0.250 e. The number of halogens is 1. The summed E-state index contributed by atoms with van der Waals surface area (Å²) < 4.78 is 0.985. The van der Waals surface area contributed by atoms with Gasteiger partial charge in [0.05, 0.1) is 0 Å². The van der Waals surface area contributed by atoms with Gasteiger partial charge in [-0.2, -0.15) is 0 Å². The fourth-order valence-electron chi connectivity index (χ4n) is 2.85. The van der Waals surface area contributed by atoms with Crippen molar-refractivity contribution in [3.05, 3.63) is 70.2 Å². The van der Waals surface area contributed by atoms with Gasteiger partial charge >= 0.3 is 0 Å². The molecule has 0 aliphatic carbocycles. The monoisotopic (exact) mass is 370 g/mol. The third-order valence-electron chi connectivity index (χ3n) is 3.80. The van der Waals surface area contributed by atoms with E-state index in [0.717, 1.165) is 27.8 Å². The van der Waals surface area contributed by atoms with Gasteiger partial charge in [-0.15, -0.1) is 0 Å².